The van der Waals surface area contributed by atoms with Crippen LogP contribution in [0.5, 0.6) is 5.75 Å². The zero-order valence-electron chi connectivity index (χ0n) is 7.43. The number of halogens is 1. The van der Waals surface area contributed by atoms with Crippen molar-refractivity contribution in [2.75, 3.05) is 7.11 Å². The molecule has 0 amide bonds. The van der Waals surface area contributed by atoms with E-state index in [-0.39, 0.29) is 11.4 Å². The first-order chi connectivity index (χ1) is 6.22. The third-order valence-electron chi connectivity index (χ3n) is 1.94. The van der Waals surface area contributed by atoms with Crippen LogP contribution in [0.4, 0.5) is 4.39 Å². The average Bonchev–Trinajstić information content (AvgIpc) is 2.48. The Hall–Kier alpha value is -1.51. The smallest absolute Gasteiger partial charge is 0.173 e. The summed E-state index contributed by atoms with van der Waals surface area (Å²) in [6, 6.07) is 4.69. The summed E-state index contributed by atoms with van der Waals surface area (Å²) in [6.45, 7) is 1.78. The molecule has 2 nitrogen and oxygen atoms in total. The van der Waals surface area contributed by atoms with E-state index in [2.05, 4.69) is 0 Å². The minimum absolute atomic E-state index is 0.261. The number of hydrogen-bond acceptors (Lipinski definition) is 2. The second-order valence-corrected chi connectivity index (χ2v) is 2.85. The van der Waals surface area contributed by atoms with Crippen molar-refractivity contribution >= 4 is 11.0 Å². The molecule has 0 saturated carbocycles. The Bertz CT molecular complexity index is 445. The zero-order chi connectivity index (χ0) is 9.42. The Kier molecular flexibility index (Phi) is 1.72. The van der Waals surface area contributed by atoms with Crippen LogP contribution >= 0.6 is 0 Å². The highest BCUT2D eigenvalue weighted by Crippen LogP contribution is 2.30. The molecule has 0 N–H and O–H groups in total. The van der Waals surface area contributed by atoms with Gasteiger partial charge in [-0.3, -0.25) is 0 Å². The number of hydrogen-bond donors (Lipinski definition) is 0. The second kappa shape index (κ2) is 2.76. The van der Waals surface area contributed by atoms with Crippen LogP contribution in [0.2, 0.25) is 0 Å². The monoisotopic (exact) mass is 180 g/mol. The van der Waals surface area contributed by atoms with Crippen LogP contribution in [0.15, 0.2) is 22.6 Å². The largest absolute Gasteiger partial charge is 0.496 e. The van der Waals surface area contributed by atoms with E-state index in [4.69, 9.17) is 9.15 Å². The lowest BCUT2D eigenvalue weighted by molar-refractivity contribution is 0.418. The average molecular weight is 180 g/mol. The third kappa shape index (κ3) is 1.16. The molecule has 0 atom stereocenters. The third-order valence-corrected chi connectivity index (χ3v) is 1.94. The van der Waals surface area contributed by atoms with Crippen LogP contribution in [0.3, 0.4) is 0 Å². The Morgan fingerprint density at radius 3 is 2.85 bits per heavy atom. The van der Waals surface area contributed by atoms with E-state index >= 15 is 0 Å². The fourth-order valence-corrected chi connectivity index (χ4v) is 1.37. The molecule has 1 heterocycles. The minimum Gasteiger partial charge on any atom is -0.496 e. The van der Waals surface area contributed by atoms with Crippen molar-refractivity contribution < 1.29 is 13.5 Å². The van der Waals surface area contributed by atoms with Gasteiger partial charge in [-0.1, -0.05) is 0 Å². The fraction of sp³-hybridized carbons (Fsp3) is 0.200. The molecule has 0 fully saturated rings. The number of benzene rings is 1. The van der Waals surface area contributed by atoms with Crippen LogP contribution in [-0.2, 0) is 0 Å². The molecule has 3 heteroatoms. The van der Waals surface area contributed by atoms with Gasteiger partial charge in [0.25, 0.3) is 0 Å². The van der Waals surface area contributed by atoms with Gasteiger partial charge in [0.1, 0.15) is 11.5 Å². The molecule has 0 saturated heterocycles. The molecular weight excluding hydrogens is 171 g/mol. The Labute approximate surface area is 74.9 Å². The van der Waals surface area contributed by atoms with Gasteiger partial charge < -0.3 is 9.15 Å². The molecule has 13 heavy (non-hydrogen) atoms. The van der Waals surface area contributed by atoms with E-state index in [1.54, 1.807) is 26.2 Å². The summed E-state index contributed by atoms with van der Waals surface area (Å²) < 4.78 is 23.4. The van der Waals surface area contributed by atoms with Gasteiger partial charge in [-0.2, -0.15) is 0 Å². The highest BCUT2D eigenvalue weighted by molar-refractivity contribution is 5.85. The summed E-state index contributed by atoms with van der Waals surface area (Å²) in [4.78, 5) is 0. The van der Waals surface area contributed by atoms with Gasteiger partial charge in [-0.05, 0) is 25.1 Å². The predicted octanol–water partition coefficient (Wildman–Crippen LogP) is 2.89. The molecule has 0 spiro atoms. The van der Waals surface area contributed by atoms with Crippen LogP contribution < -0.4 is 4.74 Å². The molecule has 2 rings (SSSR count). The lowest BCUT2D eigenvalue weighted by Crippen LogP contribution is -1.84. The zero-order valence-corrected chi connectivity index (χ0v) is 7.43. The maximum Gasteiger partial charge on any atom is 0.173 e. The minimum atomic E-state index is -0.358. The van der Waals surface area contributed by atoms with Gasteiger partial charge in [0.2, 0.25) is 0 Å². The predicted molar refractivity (Wildman–Crippen MR) is 47.5 cm³/mol. The van der Waals surface area contributed by atoms with Gasteiger partial charge in [0, 0.05) is 0 Å². The van der Waals surface area contributed by atoms with Crippen LogP contribution in [0, 0.1) is 12.7 Å². The van der Waals surface area contributed by atoms with E-state index in [1.807, 2.05) is 0 Å². The van der Waals surface area contributed by atoms with Crippen LogP contribution in [0.1, 0.15) is 5.76 Å². The normalized spacial score (nSPS) is 10.7. The standard InChI is InChI=1S/C10H9FO2/c1-6-5-7-9(12-2)4-3-8(11)10(7)13-6/h3-5H,1-2H3. The molecule has 0 bridgehead atoms. The molecular formula is C10H9FO2. The van der Waals surface area contributed by atoms with Crippen molar-refractivity contribution in [3.05, 3.63) is 29.8 Å². The van der Waals surface area contributed by atoms with Crippen molar-refractivity contribution in [1.82, 2.24) is 0 Å². The molecule has 0 radical (unpaired) electrons. The second-order valence-electron chi connectivity index (χ2n) is 2.85. The van der Waals surface area contributed by atoms with E-state index in [1.165, 1.54) is 6.07 Å². The number of methoxy groups -OCH3 is 1. The van der Waals surface area contributed by atoms with Gasteiger partial charge in [0.05, 0.1) is 12.5 Å². The summed E-state index contributed by atoms with van der Waals surface area (Å²) in [5.74, 6) is 0.954. The lowest BCUT2D eigenvalue weighted by Gasteiger charge is -1.99. The van der Waals surface area contributed by atoms with Crippen LogP contribution in [-0.4, -0.2) is 7.11 Å². The van der Waals surface area contributed by atoms with Gasteiger partial charge in [-0.25, -0.2) is 4.39 Å². The Morgan fingerprint density at radius 1 is 1.38 bits per heavy atom. The maximum absolute atomic E-state index is 13.2. The van der Waals surface area contributed by atoms with E-state index in [9.17, 15) is 4.39 Å². The molecule has 1 aromatic heterocycles. The Balaban J connectivity index is 2.83. The molecule has 68 valence electrons. The van der Waals surface area contributed by atoms with Crippen molar-refractivity contribution in [2.24, 2.45) is 0 Å². The van der Waals surface area contributed by atoms with Gasteiger partial charge in [0.15, 0.2) is 11.4 Å². The SMILES string of the molecule is COc1ccc(F)c2oc(C)cc12. The number of rotatable bonds is 1. The number of aryl methyl sites for hydroxylation is 1. The van der Waals surface area contributed by atoms with Gasteiger partial charge >= 0.3 is 0 Å². The molecule has 0 aliphatic heterocycles. The van der Waals surface area contributed by atoms with E-state index < -0.39 is 0 Å². The van der Waals surface area contributed by atoms with Crippen molar-refractivity contribution in [3.8, 4) is 5.75 Å². The summed E-state index contributed by atoms with van der Waals surface area (Å²) >= 11 is 0. The fourth-order valence-electron chi connectivity index (χ4n) is 1.37. The topological polar surface area (TPSA) is 22.4 Å². The van der Waals surface area contributed by atoms with Crippen molar-refractivity contribution in [1.29, 1.82) is 0 Å². The lowest BCUT2D eigenvalue weighted by atomic mass is 10.2. The summed E-state index contributed by atoms with van der Waals surface area (Å²) in [6.07, 6.45) is 0. The molecule has 2 aromatic rings. The van der Waals surface area contributed by atoms with E-state index in [0.717, 1.165) is 0 Å². The highest BCUT2D eigenvalue weighted by Gasteiger charge is 2.10. The highest BCUT2D eigenvalue weighted by atomic mass is 19.1. The summed E-state index contributed by atoms with van der Waals surface area (Å²) in [5.41, 5.74) is 0.261. The first kappa shape index (κ1) is 8.10. The quantitative estimate of drug-likeness (QED) is 0.673. The summed E-state index contributed by atoms with van der Waals surface area (Å²) in [5, 5.41) is 0.681. The Morgan fingerprint density at radius 2 is 2.15 bits per heavy atom. The molecule has 0 aliphatic carbocycles. The molecule has 0 aliphatic rings. The number of furan rings is 1. The first-order valence-electron chi connectivity index (χ1n) is 3.95. The number of fused-ring (bicyclic) bond motifs is 1. The molecule has 1 aromatic carbocycles. The summed E-state index contributed by atoms with van der Waals surface area (Å²) in [7, 11) is 1.55. The van der Waals surface area contributed by atoms with Crippen LogP contribution in [0.25, 0.3) is 11.0 Å². The van der Waals surface area contributed by atoms with Crippen molar-refractivity contribution in [3.63, 3.8) is 0 Å². The number of ether oxygens (including phenoxy) is 1. The van der Waals surface area contributed by atoms with E-state index in [0.29, 0.717) is 16.9 Å². The first-order valence-corrected chi connectivity index (χ1v) is 3.95. The molecule has 0 unspecified atom stereocenters. The van der Waals surface area contributed by atoms with Crippen molar-refractivity contribution in [2.45, 2.75) is 6.92 Å². The van der Waals surface area contributed by atoms with Gasteiger partial charge in [-0.15, -0.1) is 0 Å². The maximum atomic E-state index is 13.2.